The first kappa shape index (κ1) is 14.3. The Balaban J connectivity index is 1.57. The molecule has 2 aliphatic heterocycles. The summed E-state index contributed by atoms with van der Waals surface area (Å²) in [5.41, 5.74) is 3.13. The van der Waals surface area contributed by atoms with Gasteiger partial charge in [0.1, 0.15) is 13.2 Å². The van der Waals surface area contributed by atoms with Gasteiger partial charge in [0, 0.05) is 44.7 Å². The molecule has 3 heterocycles. The van der Waals surface area contributed by atoms with Gasteiger partial charge in [0.05, 0.1) is 5.69 Å². The third-order valence-corrected chi connectivity index (χ3v) is 4.36. The molecule has 4 rings (SSSR count). The Kier molecular flexibility index (Phi) is 3.53. The maximum atomic E-state index is 11.8. The molecule has 0 bridgehead atoms. The molecular weight excluding hydrogens is 294 g/mol. The lowest BCUT2D eigenvalue weighted by atomic mass is 10.1. The van der Waals surface area contributed by atoms with Crippen molar-refractivity contribution in [3.63, 3.8) is 0 Å². The van der Waals surface area contributed by atoms with Gasteiger partial charge in [-0.3, -0.25) is 9.69 Å². The summed E-state index contributed by atoms with van der Waals surface area (Å²) in [6, 6.07) is 7.72. The van der Waals surface area contributed by atoms with E-state index in [4.69, 9.17) is 9.47 Å². The van der Waals surface area contributed by atoms with Crippen molar-refractivity contribution in [3.05, 3.63) is 51.4 Å². The Morgan fingerprint density at radius 2 is 2.13 bits per heavy atom. The third-order valence-electron chi connectivity index (χ3n) is 4.36. The van der Waals surface area contributed by atoms with E-state index in [0.29, 0.717) is 13.2 Å². The molecule has 2 aromatic rings. The second kappa shape index (κ2) is 5.70. The van der Waals surface area contributed by atoms with Crippen molar-refractivity contribution in [1.29, 1.82) is 0 Å². The average molecular weight is 313 g/mol. The van der Waals surface area contributed by atoms with E-state index >= 15 is 0 Å². The molecule has 0 atom stereocenters. The van der Waals surface area contributed by atoms with E-state index in [1.165, 1.54) is 4.68 Å². The van der Waals surface area contributed by atoms with E-state index in [2.05, 4.69) is 16.1 Å². The number of ether oxygens (including phenoxy) is 2. The lowest BCUT2D eigenvalue weighted by Crippen LogP contribution is -2.34. The molecule has 1 aromatic heterocycles. The zero-order valence-corrected chi connectivity index (χ0v) is 13.1. The summed E-state index contributed by atoms with van der Waals surface area (Å²) in [6.07, 6.45) is 0.857. The Labute approximate surface area is 134 Å². The van der Waals surface area contributed by atoms with Crippen molar-refractivity contribution in [2.45, 2.75) is 19.5 Å². The van der Waals surface area contributed by atoms with E-state index < -0.39 is 0 Å². The molecule has 23 heavy (non-hydrogen) atoms. The summed E-state index contributed by atoms with van der Waals surface area (Å²) in [6.45, 7) is 3.63. The summed E-state index contributed by atoms with van der Waals surface area (Å²) in [4.78, 5) is 14.1. The number of benzene rings is 1. The monoisotopic (exact) mass is 313 g/mol. The molecule has 0 spiro atoms. The number of nitrogens with zero attached hydrogens (tertiary/aromatic N) is 3. The molecule has 2 aliphatic rings. The van der Waals surface area contributed by atoms with Gasteiger partial charge in [-0.15, -0.1) is 0 Å². The molecule has 6 nitrogen and oxygen atoms in total. The fourth-order valence-corrected chi connectivity index (χ4v) is 3.19. The first-order valence-electron chi connectivity index (χ1n) is 7.86. The smallest absolute Gasteiger partial charge is 0.266 e. The van der Waals surface area contributed by atoms with E-state index in [1.807, 2.05) is 12.1 Å². The molecule has 0 fully saturated rings. The minimum Gasteiger partial charge on any atom is -0.486 e. The second-order valence-electron chi connectivity index (χ2n) is 5.98. The summed E-state index contributed by atoms with van der Waals surface area (Å²) in [7, 11) is 1.70. The van der Waals surface area contributed by atoms with Crippen molar-refractivity contribution in [2.75, 3.05) is 19.8 Å². The fourth-order valence-electron chi connectivity index (χ4n) is 3.19. The zero-order valence-electron chi connectivity index (χ0n) is 13.1. The zero-order chi connectivity index (χ0) is 15.8. The van der Waals surface area contributed by atoms with Crippen LogP contribution in [0.2, 0.25) is 0 Å². The molecule has 0 unspecified atom stereocenters. The fraction of sp³-hybridized carbons (Fsp3) is 0.412. The molecule has 0 amide bonds. The number of fused-ring (bicyclic) bond motifs is 2. The van der Waals surface area contributed by atoms with Crippen LogP contribution in [-0.4, -0.2) is 34.4 Å². The van der Waals surface area contributed by atoms with Crippen LogP contribution in [0.15, 0.2) is 29.1 Å². The number of aromatic nitrogens is 2. The predicted molar refractivity (Wildman–Crippen MR) is 84.7 cm³/mol. The van der Waals surface area contributed by atoms with Crippen LogP contribution in [0.5, 0.6) is 11.5 Å². The molecule has 0 N–H and O–H groups in total. The number of hydrogen-bond acceptors (Lipinski definition) is 5. The highest BCUT2D eigenvalue weighted by atomic mass is 16.6. The third kappa shape index (κ3) is 2.70. The largest absolute Gasteiger partial charge is 0.486 e. The minimum atomic E-state index is -0.0561. The van der Waals surface area contributed by atoms with Gasteiger partial charge in [0.15, 0.2) is 11.5 Å². The van der Waals surface area contributed by atoms with Gasteiger partial charge >= 0.3 is 0 Å². The van der Waals surface area contributed by atoms with Gasteiger partial charge < -0.3 is 9.47 Å². The maximum Gasteiger partial charge on any atom is 0.266 e. The van der Waals surface area contributed by atoms with Crippen LogP contribution >= 0.6 is 0 Å². The van der Waals surface area contributed by atoms with Gasteiger partial charge in [0.2, 0.25) is 0 Å². The SMILES string of the molecule is Cn1nc2c(cc1=O)CN(Cc1cccc3c1OCCO3)CC2. The van der Waals surface area contributed by atoms with Crippen molar-refractivity contribution in [1.82, 2.24) is 14.7 Å². The van der Waals surface area contributed by atoms with E-state index in [1.54, 1.807) is 13.1 Å². The van der Waals surface area contributed by atoms with Gasteiger partial charge in [-0.25, -0.2) is 4.68 Å². The predicted octanol–water partition coefficient (Wildman–Crippen LogP) is 1.11. The van der Waals surface area contributed by atoms with Crippen LogP contribution in [0.4, 0.5) is 0 Å². The van der Waals surface area contributed by atoms with E-state index in [0.717, 1.165) is 54.4 Å². The maximum absolute atomic E-state index is 11.8. The van der Waals surface area contributed by atoms with Gasteiger partial charge in [-0.2, -0.15) is 5.10 Å². The lowest BCUT2D eigenvalue weighted by Gasteiger charge is -2.29. The number of hydrogen-bond donors (Lipinski definition) is 0. The second-order valence-corrected chi connectivity index (χ2v) is 5.98. The molecule has 0 saturated carbocycles. The summed E-state index contributed by atoms with van der Waals surface area (Å²) in [5, 5.41) is 4.36. The van der Waals surface area contributed by atoms with Crippen molar-refractivity contribution in [2.24, 2.45) is 7.05 Å². The lowest BCUT2D eigenvalue weighted by molar-refractivity contribution is 0.165. The number of para-hydroxylation sites is 1. The number of rotatable bonds is 2. The van der Waals surface area contributed by atoms with Crippen LogP contribution < -0.4 is 15.0 Å². The van der Waals surface area contributed by atoms with E-state index in [-0.39, 0.29) is 5.56 Å². The summed E-state index contributed by atoms with van der Waals surface area (Å²) < 4.78 is 12.8. The number of aryl methyl sites for hydroxylation is 1. The summed E-state index contributed by atoms with van der Waals surface area (Å²) in [5.74, 6) is 1.67. The van der Waals surface area contributed by atoms with Crippen molar-refractivity contribution < 1.29 is 9.47 Å². The van der Waals surface area contributed by atoms with Crippen LogP contribution in [0.25, 0.3) is 0 Å². The first-order valence-corrected chi connectivity index (χ1v) is 7.86. The van der Waals surface area contributed by atoms with Crippen LogP contribution in [0, 0.1) is 0 Å². The topological polar surface area (TPSA) is 56.6 Å². The quantitative estimate of drug-likeness (QED) is 0.831. The minimum absolute atomic E-state index is 0.0561. The van der Waals surface area contributed by atoms with Crippen LogP contribution in [0.3, 0.4) is 0 Å². The molecule has 0 radical (unpaired) electrons. The Morgan fingerprint density at radius 1 is 1.26 bits per heavy atom. The molecule has 0 saturated heterocycles. The molecule has 0 aliphatic carbocycles. The van der Waals surface area contributed by atoms with Crippen molar-refractivity contribution in [3.8, 4) is 11.5 Å². The van der Waals surface area contributed by atoms with Gasteiger partial charge in [-0.05, 0) is 11.6 Å². The Morgan fingerprint density at radius 3 is 3.04 bits per heavy atom. The highest BCUT2D eigenvalue weighted by Crippen LogP contribution is 2.34. The van der Waals surface area contributed by atoms with Crippen LogP contribution in [0.1, 0.15) is 16.8 Å². The van der Waals surface area contributed by atoms with Gasteiger partial charge in [0.25, 0.3) is 5.56 Å². The van der Waals surface area contributed by atoms with Crippen LogP contribution in [-0.2, 0) is 26.6 Å². The highest BCUT2D eigenvalue weighted by Gasteiger charge is 2.22. The molecular formula is C17H19N3O3. The molecule has 1 aromatic carbocycles. The standard InChI is InChI=1S/C17H19N3O3/c1-19-16(21)9-13-11-20(6-5-14(13)18-19)10-12-3-2-4-15-17(12)23-8-7-22-15/h2-4,9H,5-8,10-11H2,1H3. The average Bonchev–Trinajstić information content (AvgIpc) is 2.57. The summed E-state index contributed by atoms with van der Waals surface area (Å²) >= 11 is 0. The molecule has 120 valence electrons. The Hall–Kier alpha value is -2.34. The molecule has 6 heteroatoms. The highest BCUT2D eigenvalue weighted by molar-refractivity contribution is 5.47. The normalized spacial score (nSPS) is 16.9. The van der Waals surface area contributed by atoms with E-state index in [9.17, 15) is 4.79 Å². The van der Waals surface area contributed by atoms with Crippen molar-refractivity contribution >= 4 is 0 Å². The first-order chi connectivity index (χ1) is 11.2. The Bertz CT molecular complexity index is 800. The van der Waals surface area contributed by atoms with Gasteiger partial charge in [-0.1, -0.05) is 12.1 Å².